The molecule has 1 aromatic heterocycles. The Hall–Kier alpha value is -1.67. The fraction of sp³-hybridized carbons (Fsp3) is 0.762. The standard InChI is InChI=1S/C21H36N3O4S/c1-5-7-9-10-15-26-20-19(22-29-23-20)18-12-11-13-24(4,16-18)17(3)28-21(25)27-14-8-6-2/h12,17H,5-11,13-16H2,1-4H3/q+1. The molecule has 164 valence electrons. The van der Waals surface area contributed by atoms with Crippen molar-refractivity contribution in [2.24, 2.45) is 0 Å². The molecule has 29 heavy (non-hydrogen) atoms. The van der Waals surface area contributed by atoms with Crippen LogP contribution >= 0.6 is 11.7 Å². The molecule has 0 spiro atoms. The van der Waals surface area contributed by atoms with Gasteiger partial charge >= 0.3 is 6.16 Å². The average Bonchev–Trinajstić information content (AvgIpc) is 3.16. The maximum absolute atomic E-state index is 12.0. The fourth-order valence-corrected chi connectivity index (χ4v) is 3.85. The van der Waals surface area contributed by atoms with Crippen LogP contribution < -0.4 is 4.74 Å². The van der Waals surface area contributed by atoms with E-state index in [0.29, 0.717) is 30.1 Å². The second-order valence-corrected chi connectivity index (χ2v) is 8.40. The number of unbranched alkanes of at least 4 members (excludes halogenated alkanes) is 4. The number of likely N-dealkylation sites (N-methyl/N-ethyl adjacent to an activating group) is 1. The van der Waals surface area contributed by atoms with E-state index < -0.39 is 6.16 Å². The first-order valence-corrected chi connectivity index (χ1v) is 11.6. The van der Waals surface area contributed by atoms with E-state index >= 15 is 0 Å². The van der Waals surface area contributed by atoms with Gasteiger partial charge in [0.05, 0.1) is 38.5 Å². The van der Waals surface area contributed by atoms with Gasteiger partial charge in [-0.05, 0) is 12.8 Å². The number of hydrogen-bond acceptors (Lipinski definition) is 7. The van der Waals surface area contributed by atoms with Gasteiger partial charge in [0.15, 0.2) is 0 Å². The quantitative estimate of drug-likeness (QED) is 0.265. The molecule has 0 aromatic carbocycles. The van der Waals surface area contributed by atoms with Gasteiger partial charge in [-0.15, -0.1) is 4.37 Å². The second-order valence-electron chi connectivity index (χ2n) is 7.88. The Bertz CT molecular complexity index is 664. The number of ether oxygens (including phenoxy) is 3. The zero-order valence-electron chi connectivity index (χ0n) is 18.3. The van der Waals surface area contributed by atoms with Gasteiger partial charge in [-0.1, -0.05) is 45.6 Å². The fourth-order valence-electron chi connectivity index (χ4n) is 3.32. The van der Waals surface area contributed by atoms with Crippen LogP contribution in [0, 0.1) is 0 Å². The minimum absolute atomic E-state index is 0.308. The highest BCUT2D eigenvalue weighted by Gasteiger charge is 2.37. The smallest absolute Gasteiger partial charge is 0.475 e. The molecule has 2 unspecified atom stereocenters. The van der Waals surface area contributed by atoms with Gasteiger partial charge in [0.2, 0.25) is 6.23 Å². The van der Waals surface area contributed by atoms with Crippen molar-refractivity contribution in [1.82, 2.24) is 8.75 Å². The molecular weight excluding hydrogens is 390 g/mol. The summed E-state index contributed by atoms with van der Waals surface area (Å²) in [5, 5.41) is 0. The molecule has 0 radical (unpaired) electrons. The number of quaternary nitrogens is 1. The summed E-state index contributed by atoms with van der Waals surface area (Å²) >= 11 is 1.18. The molecule has 0 bridgehead atoms. The summed E-state index contributed by atoms with van der Waals surface area (Å²) in [6, 6.07) is 0. The monoisotopic (exact) mass is 426 g/mol. The number of carbonyl (C=O) groups is 1. The molecule has 0 fully saturated rings. The lowest BCUT2D eigenvalue weighted by molar-refractivity contribution is -0.944. The molecule has 1 aromatic rings. The molecule has 0 N–H and O–H groups in total. The third kappa shape index (κ3) is 7.26. The van der Waals surface area contributed by atoms with Crippen LogP contribution in [0.4, 0.5) is 4.79 Å². The Balaban J connectivity index is 1.93. The average molecular weight is 427 g/mol. The Morgan fingerprint density at radius 3 is 2.72 bits per heavy atom. The molecule has 0 aliphatic carbocycles. The minimum atomic E-state index is -0.590. The number of nitrogens with zero attached hydrogens (tertiary/aromatic N) is 3. The van der Waals surface area contributed by atoms with Gasteiger partial charge in [0.25, 0.3) is 5.88 Å². The lowest BCUT2D eigenvalue weighted by atomic mass is 10.0. The number of aromatic nitrogens is 2. The second kappa shape index (κ2) is 12.1. The molecule has 2 heterocycles. The van der Waals surface area contributed by atoms with Crippen molar-refractivity contribution >= 4 is 23.5 Å². The zero-order valence-corrected chi connectivity index (χ0v) is 19.1. The molecule has 0 saturated heterocycles. The molecule has 8 heteroatoms. The molecule has 2 rings (SSSR count). The summed E-state index contributed by atoms with van der Waals surface area (Å²) in [4.78, 5) is 12.0. The summed E-state index contributed by atoms with van der Waals surface area (Å²) in [7, 11) is 2.10. The van der Waals surface area contributed by atoms with E-state index in [1.807, 2.05) is 6.92 Å². The summed E-state index contributed by atoms with van der Waals surface area (Å²) in [6.45, 7) is 8.85. The predicted molar refractivity (Wildman–Crippen MR) is 115 cm³/mol. The maximum Gasteiger partial charge on any atom is 0.512 e. The van der Waals surface area contributed by atoms with E-state index in [4.69, 9.17) is 14.2 Å². The summed E-state index contributed by atoms with van der Waals surface area (Å²) in [5.74, 6) is 0.624. The Morgan fingerprint density at radius 2 is 1.97 bits per heavy atom. The predicted octanol–water partition coefficient (Wildman–Crippen LogP) is 5.03. The highest BCUT2D eigenvalue weighted by Crippen LogP contribution is 2.31. The molecule has 0 saturated carbocycles. The van der Waals surface area contributed by atoms with Crippen molar-refractivity contribution in [3.8, 4) is 5.88 Å². The van der Waals surface area contributed by atoms with Gasteiger partial charge in [-0.25, -0.2) is 4.79 Å². The lowest BCUT2D eigenvalue weighted by Gasteiger charge is -2.41. The van der Waals surface area contributed by atoms with Gasteiger partial charge < -0.3 is 14.2 Å². The van der Waals surface area contributed by atoms with Crippen molar-refractivity contribution in [2.45, 2.75) is 71.9 Å². The zero-order chi connectivity index (χ0) is 21.1. The van der Waals surface area contributed by atoms with Crippen molar-refractivity contribution in [3.05, 3.63) is 11.8 Å². The Labute approximate surface area is 179 Å². The van der Waals surface area contributed by atoms with E-state index in [9.17, 15) is 4.79 Å². The van der Waals surface area contributed by atoms with E-state index in [-0.39, 0.29) is 6.23 Å². The summed E-state index contributed by atoms with van der Waals surface area (Å²) < 4.78 is 26.0. The summed E-state index contributed by atoms with van der Waals surface area (Å²) in [6.07, 6.45) is 8.66. The minimum Gasteiger partial charge on any atom is -0.475 e. The number of rotatable bonds is 12. The third-order valence-corrected chi connectivity index (χ3v) is 5.94. The van der Waals surface area contributed by atoms with E-state index in [0.717, 1.165) is 43.5 Å². The number of carbonyl (C=O) groups excluding carboxylic acids is 1. The van der Waals surface area contributed by atoms with Crippen LogP contribution in [0.25, 0.3) is 5.57 Å². The SMILES string of the molecule is CCCCCCOc1nsnc1C1=CCC[N+](C)(C(C)OC(=O)OCCCC)C1. The van der Waals surface area contributed by atoms with E-state index in [1.54, 1.807) is 0 Å². The Kier molecular flexibility index (Phi) is 9.87. The first-order valence-electron chi connectivity index (χ1n) is 10.8. The first-order chi connectivity index (χ1) is 14.0. The largest absolute Gasteiger partial charge is 0.512 e. The van der Waals surface area contributed by atoms with Crippen molar-refractivity contribution in [3.63, 3.8) is 0 Å². The third-order valence-electron chi connectivity index (χ3n) is 5.42. The highest BCUT2D eigenvalue weighted by atomic mass is 32.1. The van der Waals surface area contributed by atoms with Crippen molar-refractivity contribution in [1.29, 1.82) is 0 Å². The van der Waals surface area contributed by atoms with Crippen molar-refractivity contribution in [2.75, 3.05) is 33.4 Å². The molecule has 1 aliphatic rings. The molecular formula is C21H36N3O4S+. The topological polar surface area (TPSA) is 70.5 Å². The van der Waals surface area contributed by atoms with Crippen LogP contribution in [0.15, 0.2) is 6.08 Å². The van der Waals surface area contributed by atoms with Crippen LogP contribution in [-0.2, 0) is 9.47 Å². The van der Waals surface area contributed by atoms with Gasteiger partial charge in [-0.2, -0.15) is 4.37 Å². The van der Waals surface area contributed by atoms with Gasteiger partial charge in [0, 0.05) is 18.9 Å². The van der Waals surface area contributed by atoms with E-state index in [2.05, 4.69) is 35.7 Å². The first kappa shape index (κ1) is 23.6. The normalized spacial score (nSPS) is 20.1. The van der Waals surface area contributed by atoms with Crippen LogP contribution in [0.1, 0.15) is 71.4 Å². The van der Waals surface area contributed by atoms with Crippen LogP contribution in [0.3, 0.4) is 0 Å². The van der Waals surface area contributed by atoms with E-state index in [1.165, 1.54) is 31.0 Å². The van der Waals surface area contributed by atoms with Gasteiger partial charge in [-0.3, -0.25) is 4.48 Å². The maximum atomic E-state index is 12.0. The van der Waals surface area contributed by atoms with Crippen molar-refractivity contribution < 1.29 is 23.5 Å². The van der Waals surface area contributed by atoms with Crippen LogP contribution in [0.2, 0.25) is 0 Å². The van der Waals surface area contributed by atoms with Crippen LogP contribution in [0.5, 0.6) is 5.88 Å². The van der Waals surface area contributed by atoms with Gasteiger partial charge in [0.1, 0.15) is 12.2 Å². The molecule has 0 amide bonds. The molecule has 7 nitrogen and oxygen atoms in total. The summed E-state index contributed by atoms with van der Waals surface area (Å²) in [5.41, 5.74) is 1.93. The molecule has 2 atom stereocenters. The molecule has 1 aliphatic heterocycles. The number of hydrogen-bond donors (Lipinski definition) is 0. The Morgan fingerprint density at radius 1 is 1.17 bits per heavy atom. The lowest BCUT2D eigenvalue weighted by Crippen LogP contribution is -2.55. The highest BCUT2D eigenvalue weighted by molar-refractivity contribution is 6.99. The van der Waals surface area contributed by atoms with Crippen LogP contribution in [-0.4, -0.2) is 59.0 Å².